The fourth-order valence-electron chi connectivity index (χ4n) is 2.27. The zero-order valence-corrected chi connectivity index (χ0v) is 12.7. The second-order valence-corrected chi connectivity index (χ2v) is 5.22. The predicted molar refractivity (Wildman–Crippen MR) is 80.5 cm³/mol. The van der Waals surface area contributed by atoms with E-state index in [-0.39, 0.29) is 24.1 Å². The van der Waals surface area contributed by atoms with Crippen molar-refractivity contribution in [2.45, 2.75) is 26.4 Å². The number of likely N-dealkylation sites (N-methyl/N-ethyl adjacent to an activating group) is 2. The van der Waals surface area contributed by atoms with E-state index in [0.717, 1.165) is 6.54 Å². The molecule has 0 aliphatic heterocycles. The van der Waals surface area contributed by atoms with E-state index in [4.69, 9.17) is 5.73 Å². The summed E-state index contributed by atoms with van der Waals surface area (Å²) >= 11 is 0. The van der Waals surface area contributed by atoms with Crippen LogP contribution in [0.4, 0.5) is 5.69 Å². The average Bonchev–Trinajstić information content (AvgIpc) is 2.33. The Hall–Kier alpha value is -1.82. The van der Waals surface area contributed by atoms with Crippen molar-refractivity contribution >= 4 is 11.6 Å². The molecule has 112 valence electrons. The SMILES string of the molecule is CCN(C(=O)Cn1cc(N)ccc1=O)C(C)CN(C)C. The highest BCUT2D eigenvalue weighted by Crippen LogP contribution is 2.03. The molecule has 2 N–H and O–H groups in total. The summed E-state index contributed by atoms with van der Waals surface area (Å²) < 4.78 is 1.35. The molecule has 20 heavy (non-hydrogen) atoms. The van der Waals surface area contributed by atoms with Gasteiger partial charge in [0.15, 0.2) is 0 Å². The highest BCUT2D eigenvalue weighted by molar-refractivity contribution is 5.76. The molecule has 6 heteroatoms. The largest absolute Gasteiger partial charge is 0.398 e. The minimum absolute atomic E-state index is 0.0233. The molecule has 1 rings (SSSR count). The molecule has 1 aromatic heterocycles. The van der Waals surface area contributed by atoms with Crippen LogP contribution < -0.4 is 11.3 Å². The first-order chi connectivity index (χ1) is 9.35. The number of carbonyl (C=O) groups excluding carboxylic acids is 1. The van der Waals surface area contributed by atoms with Gasteiger partial charge in [0.25, 0.3) is 5.56 Å². The van der Waals surface area contributed by atoms with Crippen LogP contribution in [0.3, 0.4) is 0 Å². The number of anilines is 1. The van der Waals surface area contributed by atoms with Gasteiger partial charge in [0.05, 0.1) is 0 Å². The Labute approximate surface area is 119 Å². The highest BCUT2D eigenvalue weighted by atomic mass is 16.2. The van der Waals surface area contributed by atoms with Crippen LogP contribution in [0, 0.1) is 0 Å². The van der Waals surface area contributed by atoms with Crippen molar-refractivity contribution in [3.8, 4) is 0 Å². The van der Waals surface area contributed by atoms with E-state index in [0.29, 0.717) is 12.2 Å². The summed E-state index contributed by atoms with van der Waals surface area (Å²) in [5, 5.41) is 0. The summed E-state index contributed by atoms with van der Waals surface area (Å²) in [6.07, 6.45) is 1.50. The minimum Gasteiger partial charge on any atom is -0.398 e. The Morgan fingerprint density at radius 3 is 2.60 bits per heavy atom. The van der Waals surface area contributed by atoms with E-state index in [1.54, 1.807) is 4.90 Å². The zero-order valence-electron chi connectivity index (χ0n) is 12.7. The van der Waals surface area contributed by atoms with Gasteiger partial charge in [0.2, 0.25) is 5.91 Å². The second kappa shape index (κ2) is 7.09. The monoisotopic (exact) mass is 280 g/mol. The van der Waals surface area contributed by atoms with E-state index < -0.39 is 0 Å². The van der Waals surface area contributed by atoms with Gasteiger partial charge in [-0.05, 0) is 34.0 Å². The molecule has 1 amide bonds. The second-order valence-electron chi connectivity index (χ2n) is 5.22. The van der Waals surface area contributed by atoms with E-state index in [1.807, 2.05) is 32.8 Å². The number of hydrogen-bond donors (Lipinski definition) is 1. The Bertz CT molecular complexity index is 510. The van der Waals surface area contributed by atoms with Crippen LogP contribution in [0.2, 0.25) is 0 Å². The minimum atomic E-state index is -0.219. The van der Waals surface area contributed by atoms with Crippen molar-refractivity contribution in [1.82, 2.24) is 14.4 Å². The highest BCUT2D eigenvalue weighted by Gasteiger charge is 2.19. The predicted octanol–water partition coefficient (Wildman–Crippen LogP) is 0.229. The quantitative estimate of drug-likeness (QED) is 0.809. The fourth-order valence-corrected chi connectivity index (χ4v) is 2.27. The molecule has 0 aliphatic rings. The third-order valence-electron chi connectivity index (χ3n) is 3.13. The van der Waals surface area contributed by atoms with Gasteiger partial charge in [-0.15, -0.1) is 0 Å². The van der Waals surface area contributed by atoms with Crippen molar-refractivity contribution in [2.24, 2.45) is 0 Å². The number of nitrogens with two attached hydrogens (primary N) is 1. The summed E-state index contributed by atoms with van der Waals surface area (Å²) in [4.78, 5) is 27.8. The van der Waals surface area contributed by atoms with Crippen LogP contribution >= 0.6 is 0 Å². The molecule has 0 spiro atoms. The summed E-state index contributed by atoms with van der Waals surface area (Å²) in [6, 6.07) is 3.01. The summed E-state index contributed by atoms with van der Waals surface area (Å²) in [5.74, 6) is -0.0745. The lowest BCUT2D eigenvalue weighted by molar-refractivity contribution is -0.133. The average molecular weight is 280 g/mol. The van der Waals surface area contributed by atoms with E-state index in [9.17, 15) is 9.59 Å². The Kier molecular flexibility index (Phi) is 5.76. The van der Waals surface area contributed by atoms with E-state index in [1.165, 1.54) is 22.9 Å². The lowest BCUT2D eigenvalue weighted by Crippen LogP contribution is -2.45. The molecule has 1 heterocycles. The molecule has 6 nitrogen and oxygen atoms in total. The molecule has 1 atom stereocenters. The number of pyridine rings is 1. The van der Waals surface area contributed by atoms with Gasteiger partial charge in [-0.2, -0.15) is 0 Å². The van der Waals surface area contributed by atoms with Crippen molar-refractivity contribution < 1.29 is 4.79 Å². The fraction of sp³-hybridized carbons (Fsp3) is 0.571. The molecule has 1 unspecified atom stereocenters. The topological polar surface area (TPSA) is 71.6 Å². The maximum atomic E-state index is 12.3. The number of amides is 1. The Morgan fingerprint density at radius 2 is 2.05 bits per heavy atom. The molecule has 0 bridgehead atoms. The Morgan fingerprint density at radius 1 is 1.40 bits per heavy atom. The van der Waals surface area contributed by atoms with Crippen LogP contribution in [0.15, 0.2) is 23.1 Å². The van der Waals surface area contributed by atoms with Gasteiger partial charge in [-0.3, -0.25) is 9.59 Å². The number of carbonyl (C=O) groups is 1. The molecule has 0 saturated heterocycles. The third kappa shape index (κ3) is 4.38. The van der Waals surface area contributed by atoms with Crippen molar-refractivity contribution in [2.75, 3.05) is 32.9 Å². The van der Waals surface area contributed by atoms with Gasteiger partial charge >= 0.3 is 0 Å². The number of rotatable bonds is 6. The first-order valence-corrected chi connectivity index (χ1v) is 6.75. The van der Waals surface area contributed by atoms with Gasteiger partial charge < -0.3 is 20.1 Å². The molecule has 0 fully saturated rings. The van der Waals surface area contributed by atoms with Crippen LogP contribution in [0.5, 0.6) is 0 Å². The lowest BCUT2D eigenvalue weighted by Gasteiger charge is -2.30. The Balaban J connectivity index is 2.82. The van der Waals surface area contributed by atoms with Gasteiger partial charge in [0, 0.05) is 37.1 Å². The van der Waals surface area contributed by atoms with Crippen molar-refractivity contribution in [1.29, 1.82) is 0 Å². The molecular formula is C14H24N4O2. The molecule has 0 saturated carbocycles. The molecule has 1 aromatic rings. The smallest absolute Gasteiger partial charge is 0.251 e. The summed E-state index contributed by atoms with van der Waals surface area (Å²) in [6.45, 7) is 5.36. The number of hydrogen-bond acceptors (Lipinski definition) is 4. The maximum Gasteiger partial charge on any atom is 0.251 e. The molecular weight excluding hydrogens is 256 g/mol. The standard InChI is InChI=1S/C14H24N4O2/c1-5-18(11(2)8-16(3)4)14(20)10-17-9-12(15)6-7-13(17)19/h6-7,9,11H,5,8,10,15H2,1-4H3. The third-order valence-corrected chi connectivity index (χ3v) is 3.13. The van der Waals surface area contributed by atoms with Crippen molar-refractivity contribution in [3.05, 3.63) is 28.7 Å². The molecule has 0 radical (unpaired) electrons. The summed E-state index contributed by atoms with van der Waals surface area (Å²) in [5.41, 5.74) is 5.90. The van der Waals surface area contributed by atoms with Gasteiger partial charge in [-0.1, -0.05) is 0 Å². The lowest BCUT2D eigenvalue weighted by atomic mass is 10.2. The van der Waals surface area contributed by atoms with E-state index >= 15 is 0 Å². The van der Waals surface area contributed by atoms with Crippen LogP contribution in [0.1, 0.15) is 13.8 Å². The first-order valence-electron chi connectivity index (χ1n) is 6.75. The van der Waals surface area contributed by atoms with Crippen LogP contribution in [-0.2, 0) is 11.3 Å². The van der Waals surface area contributed by atoms with Crippen LogP contribution in [0.25, 0.3) is 0 Å². The van der Waals surface area contributed by atoms with Crippen molar-refractivity contribution in [3.63, 3.8) is 0 Å². The summed E-state index contributed by atoms with van der Waals surface area (Å²) in [7, 11) is 3.94. The number of aromatic nitrogens is 1. The van der Waals surface area contributed by atoms with Gasteiger partial charge in [-0.25, -0.2) is 0 Å². The molecule has 0 aromatic carbocycles. The van der Waals surface area contributed by atoms with Crippen LogP contribution in [-0.4, -0.2) is 53.5 Å². The maximum absolute atomic E-state index is 12.3. The normalized spacial score (nSPS) is 12.4. The number of nitrogen functional groups attached to an aromatic ring is 1. The van der Waals surface area contributed by atoms with E-state index in [2.05, 4.69) is 0 Å². The molecule has 0 aliphatic carbocycles. The number of nitrogens with zero attached hydrogens (tertiary/aromatic N) is 3. The zero-order chi connectivity index (χ0) is 15.3. The van der Waals surface area contributed by atoms with Gasteiger partial charge in [0.1, 0.15) is 6.54 Å². The first kappa shape index (κ1) is 16.2.